The average molecular weight is 638 g/mol. The van der Waals surface area contributed by atoms with Gasteiger partial charge in [-0.15, -0.1) is 0 Å². The van der Waals surface area contributed by atoms with Crippen LogP contribution in [-0.4, -0.2) is 60.1 Å². The van der Waals surface area contributed by atoms with Gasteiger partial charge in [0.25, 0.3) is 0 Å². The van der Waals surface area contributed by atoms with Crippen molar-refractivity contribution in [3.05, 3.63) is 114 Å². The van der Waals surface area contributed by atoms with Crippen LogP contribution < -0.4 is 15.5 Å². The van der Waals surface area contributed by atoms with E-state index in [4.69, 9.17) is 14.1 Å². The Hall–Kier alpha value is -4.87. The van der Waals surface area contributed by atoms with Crippen molar-refractivity contribution in [3.63, 3.8) is 0 Å². The summed E-state index contributed by atoms with van der Waals surface area (Å²) in [6.07, 6.45) is 1.78. The number of thioether (sulfide) groups is 1. The van der Waals surface area contributed by atoms with Gasteiger partial charge in [0.15, 0.2) is 5.17 Å². The highest BCUT2D eigenvalue weighted by atomic mass is 32.2. The van der Waals surface area contributed by atoms with Gasteiger partial charge in [-0.2, -0.15) is 0 Å². The van der Waals surface area contributed by atoms with E-state index < -0.39 is 11.3 Å². The molecule has 2 aliphatic heterocycles. The molecule has 2 N–H and O–H groups in total. The molecule has 2 saturated heterocycles. The number of morpholine rings is 1. The highest BCUT2D eigenvalue weighted by Gasteiger charge is 2.39. The van der Waals surface area contributed by atoms with Crippen LogP contribution in [0.5, 0.6) is 0 Å². The Kier molecular flexibility index (Phi) is 9.80. The number of ether oxygens (including phenoxy) is 1. The first-order chi connectivity index (χ1) is 22.4. The second kappa shape index (κ2) is 14.5. The van der Waals surface area contributed by atoms with E-state index in [1.54, 1.807) is 36.3 Å². The topological polar surface area (TPSA) is 116 Å². The number of nitrogens with one attached hydrogen (secondary N) is 2. The van der Waals surface area contributed by atoms with E-state index in [1.165, 1.54) is 11.8 Å². The molecule has 3 amide bonds. The van der Waals surface area contributed by atoms with Crippen LogP contribution in [-0.2, 0) is 32.1 Å². The van der Waals surface area contributed by atoms with Gasteiger partial charge in [-0.05, 0) is 66.6 Å². The van der Waals surface area contributed by atoms with E-state index >= 15 is 0 Å². The molecule has 6 rings (SSSR count). The first kappa shape index (κ1) is 31.1. The Morgan fingerprint density at radius 1 is 0.957 bits per heavy atom. The minimum atomic E-state index is -0.722. The third-order valence-electron chi connectivity index (χ3n) is 7.75. The van der Waals surface area contributed by atoms with Gasteiger partial charge in [0, 0.05) is 24.5 Å². The summed E-state index contributed by atoms with van der Waals surface area (Å²) in [4.78, 5) is 47.7. The number of hydrogen-bond donors (Lipinski definition) is 2. The summed E-state index contributed by atoms with van der Waals surface area (Å²) in [5, 5.41) is 5.66. The fourth-order valence-electron chi connectivity index (χ4n) is 5.26. The third-order valence-corrected chi connectivity index (χ3v) is 8.98. The summed E-state index contributed by atoms with van der Waals surface area (Å²) in [7, 11) is 0. The van der Waals surface area contributed by atoms with Gasteiger partial charge in [0.1, 0.15) is 17.1 Å². The number of carbonyl (C=O) groups excluding carboxylic acids is 3. The lowest BCUT2D eigenvalue weighted by Gasteiger charge is -2.28. The van der Waals surface area contributed by atoms with E-state index in [1.807, 2.05) is 72.8 Å². The van der Waals surface area contributed by atoms with Crippen molar-refractivity contribution in [2.75, 3.05) is 36.5 Å². The van der Waals surface area contributed by atoms with Crippen molar-refractivity contribution in [1.29, 1.82) is 0 Å². The van der Waals surface area contributed by atoms with E-state index in [9.17, 15) is 14.4 Å². The molecule has 10 nitrogen and oxygen atoms in total. The SMILES string of the molecule is CC(NC(=O)Cc1ccccc1)C(=O)Nc1ccc(C2S/C(=N\c3ccc(N4CCOCC4)cc3)N(Cc3ccco3)C2=O)cc1. The number of amides is 3. The van der Waals surface area contributed by atoms with Gasteiger partial charge in [0.05, 0.1) is 38.1 Å². The second-order valence-corrected chi connectivity index (χ2v) is 12.1. The number of rotatable bonds is 10. The van der Waals surface area contributed by atoms with Crippen molar-refractivity contribution in [3.8, 4) is 0 Å². The van der Waals surface area contributed by atoms with Gasteiger partial charge >= 0.3 is 0 Å². The molecule has 2 fully saturated rings. The molecule has 46 heavy (non-hydrogen) atoms. The number of benzene rings is 3. The number of anilines is 2. The maximum absolute atomic E-state index is 13.7. The average Bonchev–Trinajstić information content (AvgIpc) is 3.70. The summed E-state index contributed by atoms with van der Waals surface area (Å²) in [5.41, 5.74) is 4.09. The Balaban J connectivity index is 1.12. The quantitative estimate of drug-likeness (QED) is 0.242. The van der Waals surface area contributed by atoms with Crippen molar-refractivity contribution < 1.29 is 23.5 Å². The van der Waals surface area contributed by atoms with Gasteiger partial charge < -0.3 is 24.7 Å². The number of carbonyl (C=O) groups is 3. The van der Waals surface area contributed by atoms with Crippen LogP contribution in [0.3, 0.4) is 0 Å². The highest BCUT2D eigenvalue weighted by molar-refractivity contribution is 8.15. The first-order valence-corrected chi connectivity index (χ1v) is 16.1. The van der Waals surface area contributed by atoms with E-state index in [0.717, 1.165) is 35.6 Å². The molecular formula is C35H35N5O5S. The second-order valence-electron chi connectivity index (χ2n) is 11.1. The minimum absolute atomic E-state index is 0.100. The molecule has 2 aliphatic rings. The standard InChI is InChI=1S/C35H35N5O5S/c1-24(36-31(41)22-25-6-3-2-4-7-25)33(42)37-27-11-9-26(10-12-27)32-34(43)40(23-30-8-5-19-45-30)35(46-32)38-28-13-15-29(16-14-28)39-17-20-44-21-18-39/h2-16,19,24,32H,17-18,20-23H2,1H3,(H,36,41)(H,37,42)/b38-35-. The lowest BCUT2D eigenvalue weighted by molar-refractivity contribution is -0.126. The zero-order chi connectivity index (χ0) is 31.9. The summed E-state index contributed by atoms with van der Waals surface area (Å²) in [6.45, 7) is 5.04. The molecule has 4 aromatic rings. The first-order valence-electron chi connectivity index (χ1n) is 15.2. The van der Waals surface area contributed by atoms with Crippen molar-refractivity contribution in [2.45, 2.75) is 31.2 Å². The summed E-state index contributed by atoms with van der Waals surface area (Å²) in [5.74, 6) is -0.00521. The maximum atomic E-state index is 13.7. The largest absolute Gasteiger partial charge is 0.467 e. The number of furan rings is 1. The molecule has 2 atom stereocenters. The van der Waals surface area contributed by atoms with Crippen LogP contribution in [0.1, 0.15) is 29.1 Å². The molecule has 2 unspecified atom stereocenters. The number of aliphatic imine (C=N–C) groups is 1. The van der Waals surface area contributed by atoms with Crippen molar-refractivity contribution >= 4 is 51.7 Å². The smallest absolute Gasteiger partial charge is 0.247 e. The minimum Gasteiger partial charge on any atom is -0.467 e. The molecule has 11 heteroatoms. The molecule has 3 aromatic carbocycles. The Morgan fingerprint density at radius 2 is 1.70 bits per heavy atom. The molecule has 0 saturated carbocycles. The maximum Gasteiger partial charge on any atom is 0.247 e. The van der Waals surface area contributed by atoms with Crippen LogP contribution in [0.2, 0.25) is 0 Å². The zero-order valence-electron chi connectivity index (χ0n) is 25.4. The monoisotopic (exact) mass is 637 g/mol. The number of nitrogens with zero attached hydrogens (tertiary/aromatic N) is 3. The highest BCUT2D eigenvalue weighted by Crippen LogP contribution is 2.41. The molecule has 3 heterocycles. The van der Waals surface area contributed by atoms with Gasteiger partial charge in [-0.3, -0.25) is 19.3 Å². The van der Waals surface area contributed by atoms with E-state index in [0.29, 0.717) is 29.8 Å². The van der Waals surface area contributed by atoms with Gasteiger partial charge in [-0.1, -0.05) is 54.2 Å². The van der Waals surface area contributed by atoms with Crippen molar-refractivity contribution in [1.82, 2.24) is 10.2 Å². The van der Waals surface area contributed by atoms with E-state index in [-0.39, 0.29) is 30.7 Å². The molecule has 236 valence electrons. The normalized spacial score (nSPS) is 18.1. The Morgan fingerprint density at radius 3 is 2.39 bits per heavy atom. The Bertz CT molecular complexity index is 1670. The van der Waals surface area contributed by atoms with Crippen molar-refractivity contribution in [2.24, 2.45) is 4.99 Å². The van der Waals surface area contributed by atoms with Gasteiger partial charge in [-0.25, -0.2) is 4.99 Å². The third kappa shape index (κ3) is 7.67. The lowest BCUT2D eigenvalue weighted by Crippen LogP contribution is -2.42. The molecule has 0 radical (unpaired) electrons. The molecule has 0 spiro atoms. The summed E-state index contributed by atoms with van der Waals surface area (Å²) in [6, 6.07) is 27.5. The van der Waals surface area contributed by atoms with Crippen LogP contribution in [0.25, 0.3) is 0 Å². The van der Waals surface area contributed by atoms with Crippen LogP contribution in [0.4, 0.5) is 17.1 Å². The van der Waals surface area contributed by atoms with E-state index in [2.05, 4.69) is 15.5 Å². The number of amidine groups is 1. The van der Waals surface area contributed by atoms with Crippen LogP contribution in [0, 0.1) is 0 Å². The predicted molar refractivity (Wildman–Crippen MR) is 179 cm³/mol. The Labute approximate surface area is 271 Å². The molecule has 0 aliphatic carbocycles. The fraction of sp³-hybridized carbons (Fsp3) is 0.257. The summed E-state index contributed by atoms with van der Waals surface area (Å²) >= 11 is 1.38. The van der Waals surface area contributed by atoms with Gasteiger partial charge in [0.2, 0.25) is 17.7 Å². The molecule has 1 aromatic heterocycles. The zero-order valence-corrected chi connectivity index (χ0v) is 26.2. The summed E-state index contributed by atoms with van der Waals surface area (Å²) < 4.78 is 11.0. The number of hydrogen-bond acceptors (Lipinski definition) is 8. The predicted octanol–water partition coefficient (Wildman–Crippen LogP) is 5.31. The fourth-order valence-corrected chi connectivity index (χ4v) is 6.43. The van der Waals surface area contributed by atoms with Crippen LogP contribution >= 0.6 is 11.8 Å². The van der Waals surface area contributed by atoms with Crippen LogP contribution in [0.15, 0.2) is 107 Å². The molecular weight excluding hydrogens is 602 g/mol. The molecule has 0 bridgehead atoms. The lowest BCUT2D eigenvalue weighted by atomic mass is 10.1.